The van der Waals surface area contributed by atoms with Gasteiger partial charge in [0.25, 0.3) is 0 Å². The van der Waals surface area contributed by atoms with Gasteiger partial charge in [0, 0.05) is 25.5 Å². The zero-order valence-corrected chi connectivity index (χ0v) is 11.1. The van der Waals surface area contributed by atoms with E-state index >= 15 is 0 Å². The van der Waals surface area contributed by atoms with Crippen LogP contribution in [0.1, 0.15) is 12.5 Å². The molecule has 0 aliphatic rings. The van der Waals surface area contributed by atoms with Gasteiger partial charge in [-0.1, -0.05) is 23.7 Å². The molecule has 0 amide bonds. The Kier molecular flexibility index (Phi) is 4.05. The fourth-order valence-corrected chi connectivity index (χ4v) is 2.06. The van der Waals surface area contributed by atoms with Crippen LogP contribution in [0.4, 0.5) is 11.4 Å². The fourth-order valence-electron chi connectivity index (χ4n) is 1.88. The van der Waals surface area contributed by atoms with Crippen LogP contribution in [0.25, 0.3) is 0 Å². The molecule has 0 radical (unpaired) electrons. The first kappa shape index (κ1) is 12.7. The summed E-state index contributed by atoms with van der Waals surface area (Å²) in [5, 5.41) is 0.686. The second-order valence-corrected chi connectivity index (χ2v) is 4.45. The number of rotatable bonds is 4. The Bertz CT molecular complexity index is 528. The number of para-hydroxylation sites is 2. The third-order valence-corrected chi connectivity index (χ3v) is 3.22. The molecule has 0 atom stereocenters. The van der Waals surface area contributed by atoms with Crippen molar-refractivity contribution in [2.45, 2.75) is 13.5 Å². The van der Waals surface area contributed by atoms with E-state index in [-0.39, 0.29) is 0 Å². The number of benzene rings is 1. The molecule has 0 aliphatic heterocycles. The summed E-state index contributed by atoms with van der Waals surface area (Å²) < 4.78 is 0. The average molecular weight is 262 g/mol. The predicted molar refractivity (Wildman–Crippen MR) is 76.8 cm³/mol. The fraction of sp³-hybridized carbons (Fsp3) is 0.214. The summed E-state index contributed by atoms with van der Waals surface area (Å²) in [6, 6.07) is 9.79. The van der Waals surface area contributed by atoms with Crippen molar-refractivity contribution in [3.8, 4) is 0 Å². The summed E-state index contributed by atoms with van der Waals surface area (Å²) in [5.41, 5.74) is 8.87. The number of hydrogen-bond donors (Lipinski definition) is 1. The van der Waals surface area contributed by atoms with Gasteiger partial charge >= 0.3 is 0 Å². The summed E-state index contributed by atoms with van der Waals surface area (Å²) >= 11 is 6.13. The molecule has 1 heterocycles. The number of nitrogens with zero attached hydrogens (tertiary/aromatic N) is 2. The third kappa shape index (κ3) is 2.74. The first-order chi connectivity index (χ1) is 8.72. The molecule has 1 aromatic heterocycles. The molecule has 0 bridgehead atoms. The smallest absolute Gasteiger partial charge is 0.0639 e. The lowest BCUT2D eigenvalue weighted by Crippen LogP contribution is -2.23. The SMILES string of the molecule is CCN(Cc1ccncc1Cl)c1ccccc1N. The number of nitrogens with two attached hydrogens (primary N) is 1. The molecular weight excluding hydrogens is 246 g/mol. The lowest BCUT2D eigenvalue weighted by atomic mass is 10.2. The molecule has 0 aliphatic carbocycles. The molecule has 0 fully saturated rings. The van der Waals surface area contributed by atoms with Gasteiger partial charge in [0.1, 0.15) is 0 Å². The van der Waals surface area contributed by atoms with Gasteiger partial charge in [0.05, 0.1) is 16.4 Å². The molecule has 0 saturated heterocycles. The van der Waals surface area contributed by atoms with Gasteiger partial charge in [0.2, 0.25) is 0 Å². The van der Waals surface area contributed by atoms with Crippen molar-refractivity contribution in [1.29, 1.82) is 0 Å². The Morgan fingerprint density at radius 3 is 2.72 bits per heavy atom. The molecule has 2 aromatic rings. The highest BCUT2D eigenvalue weighted by Crippen LogP contribution is 2.25. The Morgan fingerprint density at radius 2 is 2.06 bits per heavy atom. The van der Waals surface area contributed by atoms with Gasteiger partial charge in [0.15, 0.2) is 0 Å². The van der Waals surface area contributed by atoms with E-state index in [4.69, 9.17) is 17.3 Å². The molecule has 3 nitrogen and oxygen atoms in total. The normalized spacial score (nSPS) is 10.3. The maximum atomic E-state index is 6.13. The van der Waals surface area contributed by atoms with Crippen LogP contribution in [-0.4, -0.2) is 11.5 Å². The average Bonchev–Trinajstić information content (AvgIpc) is 2.39. The van der Waals surface area contributed by atoms with Gasteiger partial charge in [-0.25, -0.2) is 0 Å². The maximum Gasteiger partial charge on any atom is 0.0639 e. The van der Waals surface area contributed by atoms with Crippen molar-refractivity contribution in [1.82, 2.24) is 4.98 Å². The minimum atomic E-state index is 0.686. The second-order valence-electron chi connectivity index (χ2n) is 4.04. The Balaban J connectivity index is 2.26. The minimum absolute atomic E-state index is 0.686. The third-order valence-electron chi connectivity index (χ3n) is 2.88. The largest absolute Gasteiger partial charge is 0.397 e. The van der Waals surface area contributed by atoms with E-state index < -0.39 is 0 Å². The number of anilines is 2. The highest BCUT2D eigenvalue weighted by Gasteiger charge is 2.10. The predicted octanol–water partition coefficient (Wildman–Crippen LogP) is 3.34. The topological polar surface area (TPSA) is 42.2 Å². The molecule has 4 heteroatoms. The molecule has 0 saturated carbocycles. The maximum absolute atomic E-state index is 6.13. The van der Waals surface area contributed by atoms with Crippen molar-refractivity contribution in [2.24, 2.45) is 0 Å². The first-order valence-corrected chi connectivity index (χ1v) is 6.28. The Hall–Kier alpha value is -1.74. The highest BCUT2D eigenvalue weighted by atomic mass is 35.5. The minimum Gasteiger partial charge on any atom is -0.397 e. The van der Waals surface area contributed by atoms with E-state index in [1.54, 1.807) is 12.4 Å². The Morgan fingerprint density at radius 1 is 1.28 bits per heavy atom. The summed E-state index contributed by atoms with van der Waals surface area (Å²) in [7, 11) is 0. The van der Waals surface area contributed by atoms with Crippen LogP contribution in [0.5, 0.6) is 0 Å². The summed E-state index contributed by atoms with van der Waals surface area (Å²) in [6.07, 6.45) is 3.42. The van der Waals surface area contributed by atoms with Gasteiger partial charge in [-0.15, -0.1) is 0 Å². The standard InChI is InChI=1S/C14H16ClN3/c1-2-18(14-6-4-3-5-13(14)16)10-11-7-8-17-9-12(11)15/h3-9H,2,10,16H2,1H3. The molecule has 94 valence electrons. The molecule has 2 rings (SSSR count). The van der Waals surface area contributed by atoms with Crippen LogP contribution in [0.3, 0.4) is 0 Å². The lowest BCUT2D eigenvalue weighted by Gasteiger charge is -2.25. The van der Waals surface area contributed by atoms with Crippen LogP contribution >= 0.6 is 11.6 Å². The molecule has 0 unspecified atom stereocenters. The van der Waals surface area contributed by atoms with E-state index in [1.165, 1.54) is 0 Å². The van der Waals surface area contributed by atoms with Gasteiger partial charge in [-0.2, -0.15) is 0 Å². The molecule has 0 spiro atoms. The van der Waals surface area contributed by atoms with Crippen molar-refractivity contribution in [3.63, 3.8) is 0 Å². The van der Waals surface area contributed by atoms with Crippen molar-refractivity contribution >= 4 is 23.0 Å². The van der Waals surface area contributed by atoms with E-state index in [2.05, 4.69) is 16.8 Å². The van der Waals surface area contributed by atoms with Crippen LogP contribution in [0, 0.1) is 0 Å². The van der Waals surface area contributed by atoms with E-state index in [9.17, 15) is 0 Å². The summed E-state index contributed by atoms with van der Waals surface area (Å²) in [4.78, 5) is 6.18. The van der Waals surface area contributed by atoms with Crippen LogP contribution in [0.2, 0.25) is 5.02 Å². The van der Waals surface area contributed by atoms with Crippen LogP contribution in [-0.2, 0) is 6.54 Å². The number of nitrogen functional groups attached to an aromatic ring is 1. The monoisotopic (exact) mass is 261 g/mol. The number of aromatic nitrogens is 1. The van der Waals surface area contributed by atoms with Gasteiger partial charge in [-0.3, -0.25) is 4.98 Å². The van der Waals surface area contributed by atoms with Crippen LogP contribution in [0.15, 0.2) is 42.7 Å². The van der Waals surface area contributed by atoms with E-state index in [1.807, 2.05) is 30.3 Å². The summed E-state index contributed by atoms with van der Waals surface area (Å²) in [5.74, 6) is 0. The molecular formula is C14H16ClN3. The van der Waals surface area contributed by atoms with E-state index in [0.717, 1.165) is 30.0 Å². The van der Waals surface area contributed by atoms with Gasteiger partial charge < -0.3 is 10.6 Å². The van der Waals surface area contributed by atoms with Crippen molar-refractivity contribution in [3.05, 3.63) is 53.3 Å². The number of hydrogen-bond acceptors (Lipinski definition) is 3. The first-order valence-electron chi connectivity index (χ1n) is 5.90. The van der Waals surface area contributed by atoms with Crippen molar-refractivity contribution in [2.75, 3.05) is 17.2 Å². The number of pyridine rings is 1. The zero-order valence-electron chi connectivity index (χ0n) is 10.3. The Labute approximate surface area is 112 Å². The zero-order chi connectivity index (χ0) is 13.0. The lowest BCUT2D eigenvalue weighted by molar-refractivity contribution is 0.832. The van der Waals surface area contributed by atoms with Crippen LogP contribution < -0.4 is 10.6 Å². The summed E-state index contributed by atoms with van der Waals surface area (Å²) in [6.45, 7) is 3.69. The highest BCUT2D eigenvalue weighted by molar-refractivity contribution is 6.31. The molecule has 1 aromatic carbocycles. The quantitative estimate of drug-likeness (QED) is 0.859. The second kappa shape index (κ2) is 5.74. The molecule has 18 heavy (non-hydrogen) atoms. The van der Waals surface area contributed by atoms with Crippen molar-refractivity contribution < 1.29 is 0 Å². The molecule has 2 N–H and O–H groups in total. The van der Waals surface area contributed by atoms with Gasteiger partial charge in [-0.05, 0) is 30.7 Å². The van der Waals surface area contributed by atoms with E-state index in [0.29, 0.717) is 5.02 Å². The number of halogens is 1.